The van der Waals surface area contributed by atoms with Crippen molar-refractivity contribution < 1.29 is 9.53 Å². The summed E-state index contributed by atoms with van der Waals surface area (Å²) in [5.74, 6) is 2.15. The number of rotatable bonds is 4. The number of pyridine rings is 1. The van der Waals surface area contributed by atoms with E-state index in [0.717, 1.165) is 17.2 Å². The normalized spacial score (nSPS) is 13.7. The van der Waals surface area contributed by atoms with E-state index < -0.39 is 0 Å². The Morgan fingerprint density at radius 1 is 1.07 bits per heavy atom. The number of ether oxygens (including phenoxy) is 1. The van der Waals surface area contributed by atoms with E-state index in [2.05, 4.69) is 25.1 Å². The summed E-state index contributed by atoms with van der Waals surface area (Å²) >= 11 is 0. The maximum Gasteiger partial charge on any atom is 0.255 e. The maximum atomic E-state index is 12.8. The number of amides is 1. The molecular weight excluding hydrogens is 346 g/mol. The van der Waals surface area contributed by atoms with Crippen molar-refractivity contribution in [3.63, 3.8) is 0 Å². The van der Waals surface area contributed by atoms with Gasteiger partial charge in [-0.15, -0.1) is 10.2 Å². The van der Waals surface area contributed by atoms with E-state index in [0.29, 0.717) is 37.4 Å². The number of aryl methyl sites for hydroxylation is 1. The fourth-order valence-corrected chi connectivity index (χ4v) is 3.06. The predicted octanol–water partition coefficient (Wildman–Crippen LogP) is 1.05. The number of hydrogen-bond acceptors (Lipinski definition) is 7. The molecule has 3 aromatic rings. The Balaban J connectivity index is 1.44. The lowest BCUT2D eigenvalue weighted by Crippen LogP contribution is -2.34. The minimum absolute atomic E-state index is 0.0100. The highest BCUT2D eigenvalue weighted by Gasteiger charge is 2.23. The van der Waals surface area contributed by atoms with Crippen molar-refractivity contribution in [1.82, 2.24) is 34.6 Å². The Bertz CT molecular complexity index is 942. The molecule has 0 unspecified atom stereocenters. The lowest BCUT2D eigenvalue weighted by Gasteiger charge is -2.20. The van der Waals surface area contributed by atoms with Gasteiger partial charge in [0.15, 0.2) is 11.6 Å². The molecule has 138 valence electrons. The van der Waals surface area contributed by atoms with Crippen LogP contribution in [0.4, 0.5) is 0 Å². The van der Waals surface area contributed by atoms with Gasteiger partial charge in [-0.2, -0.15) is 0 Å². The summed E-state index contributed by atoms with van der Waals surface area (Å²) < 4.78 is 7.70. The van der Waals surface area contributed by atoms with E-state index in [1.54, 1.807) is 24.8 Å². The van der Waals surface area contributed by atoms with Gasteiger partial charge < -0.3 is 14.2 Å². The molecule has 3 aromatic heterocycles. The Hall–Kier alpha value is -3.36. The van der Waals surface area contributed by atoms with E-state index >= 15 is 0 Å². The van der Waals surface area contributed by atoms with Crippen LogP contribution in [0.25, 0.3) is 0 Å². The van der Waals surface area contributed by atoms with Gasteiger partial charge >= 0.3 is 0 Å². The Labute approximate surface area is 156 Å². The SMILES string of the molecule is Cc1cncc(C(=O)N2CCc3nnc(COc4cncnc4)n3CC2)c1. The summed E-state index contributed by atoms with van der Waals surface area (Å²) in [5.41, 5.74) is 1.58. The quantitative estimate of drug-likeness (QED) is 0.681. The Morgan fingerprint density at radius 2 is 1.93 bits per heavy atom. The number of carbonyl (C=O) groups excluding carboxylic acids is 1. The second-order valence-electron chi connectivity index (χ2n) is 6.34. The van der Waals surface area contributed by atoms with Crippen LogP contribution in [-0.4, -0.2) is 53.6 Å². The first-order valence-electron chi connectivity index (χ1n) is 8.70. The fraction of sp³-hybridized carbons (Fsp3) is 0.333. The monoisotopic (exact) mass is 365 g/mol. The molecule has 1 aliphatic heterocycles. The molecule has 0 bridgehead atoms. The summed E-state index contributed by atoms with van der Waals surface area (Å²) in [6.07, 6.45) is 8.65. The van der Waals surface area contributed by atoms with Crippen molar-refractivity contribution in [2.45, 2.75) is 26.5 Å². The standard InChI is InChI=1S/C18H19N7O2/c1-13-6-14(8-19-7-13)18(26)24-3-2-16-22-23-17(25(16)5-4-24)11-27-15-9-20-12-21-10-15/h6-10,12H,2-5,11H2,1H3. The molecule has 0 saturated carbocycles. The minimum Gasteiger partial charge on any atom is -0.482 e. The Morgan fingerprint density at radius 3 is 2.74 bits per heavy atom. The fourth-order valence-electron chi connectivity index (χ4n) is 3.06. The maximum absolute atomic E-state index is 12.8. The summed E-state index contributed by atoms with van der Waals surface area (Å²) in [4.78, 5) is 26.6. The van der Waals surface area contributed by atoms with Gasteiger partial charge in [0, 0.05) is 38.4 Å². The van der Waals surface area contributed by atoms with Gasteiger partial charge in [-0.25, -0.2) is 9.97 Å². The van der Waals surface area contributed by atoms with Crippen LogP contribution < -0.4 is 4.74 Å². The number of aromatic nitrogens is 6. The van der Waals surface area contributed by atoms with Gasteiger partial charge in [-0.05, 0) is 18.6 Å². The lowest BCUT2D eigenvalue weighted by atomic mass is 10.2. The molecule has 0 aromatic carbocycles. The summed E-state index contributed by atoms with van der Waals surface area (Å²) in [6.45, 7) is 4.00. The Kier molecular flexibility index (Phi) is 4.73. The average molecular weight is 365 g/mol. The van der Waals surface area contributed by atoms with Gasteiger partial charge in [0.1, 0.15) is 18.8 Å². The van der Waals surface area contributed by atoms with Crippen molar-refractivity contribution in [3.05, 3.63) is 60.0 Å². The molecule has 27 heavy (non-hydrogen) atoms. The van der Waals surface area contributed by atoms with Gasteiger partial charge in [-0.1, -0.05) is 0 Å². The highest BCUT2D eigenvalue weighted by atomic mass is 16.5. The van der Waals surface area contributed by atoms with Crippen LogP contribution in [0.2, 0.25) is 0 Å². The van der Waals surface area contributed by atoms with Crippen LogP contribution >= 0.6 is 0 Å². The van der Waals surface area contributed by atoms with Gasteiger partial charge in [-0.3, -0.25) is 9.78 Å². The molecule has 0 N–H and O–H groups in total. The first-order valence-corrected chi connectivity index (χ1v) is 8.70. The minimum atomic E-state index is -0.0100. The third-order valence-corrected chi connectivity index (χ3v) is 4.42. The van der Waals surface area contributed by atoms with Gasteiger partial charge in [0.25, 0.3) is 5.91 Å². The molecule has 1 aliphatic rings. The highest BCUT2D eigenvalue weighted by Crippen LogP contribution is 2.14. The highest BCUT2D eigenvalue weighted by molar-refractivity contribution is 5.94. The van der Waals surface area contributed by atoms with Gasteiger partial charge in [0.2, 0.25) is 0 Å². The van der Waals surface area contributed by atoms with E-state index in [-0.39, 0.29) is 12.5 Å². The molecular formula is C18H19N7O2. The third kappa shape index (κ3) is 3.76. The average Bonchev–Trinajstić information content (AvgIpc) is 2.96. The van der Waals surface area contributed by atoms with Crippen LogP contribution in [0.3, 0.4) is 0 Å². The molecule has 4 heterocycles. The van der Waals surface area contributed by atoms with Crippen molar-refractivity contribution in [3.8, 4) is 5.75 Å². The van der Waals surface area contributed by atoms with Crippen molar-refractivity contribution in [1.29, 1.82) is 0 Å². The van der Waals surface area contributed by atoms with E-state index in [1.165, 1.54) is 6.33 Å². The smallest absolute Gasteiger partial charge is 0.255 e. The number of carbonyl (C=O) groups is 1. The summed E-state index contributed by atoms with van der Waals surface area (Å²) in [7, 11) is 0. The second-order valence-corrected chi connectivity index (χ2v) is 6.34. The number of nitrogens with zero attached hydrogens (tertiary/aromatic N) is 7. The molecule has 0 fully saturated rings. The van der Waals surface area contributed by atoms with E-state index in [9.17, 15) is 4.79 Å². The van der Waals surface area contributed by atoms with E-state index in [1.807, 2.05) is 22.5 Å². The molecule has 4 rings (SSSR count). The molecule has 0 radical (unpaired) electrons. The molecule has 0 saturated heterocycles. The first kappa shape index (κ1) is 17.1. The number of hydrogen-bond donors (Lipinski definition) is 0. The summed E-state index contributed by atoms with van der Waals surface area (Å²) in [5, 5.41) is 8.49. The largest absolute Gasteiger partial charge is 0.482 e. The van der Waals surface area contributed by atoms with Crippen LogP contribution in [0.5, 0.6) is 5.75 Å². The van der Waals surface area contributed by atoms with Gasteiger partial charge in [0.05, 0.1) is 18.0 Å². The molecule has 0 aliphatic carbocycles. The second kappa shape index (κ2) is 7.48. The zero-order chi connectivity index (χ0) is 18.6. The van der Waals surface area contributed by atoms with Crippen LogP contribution in [-0.2, 0) is 19.6 Å². The molecule has 9 nitrogen and oxygen atoms in total. The summed E-state index contributed by atoms with van der Waals surface area (Å²) in [6, 6.07) is 1.86. The van der Waals surface area contributed by atoms with Crippen LogP contribution in [0.15, 0.2) is 37.2 Å². The zero-order valence-corrected chi connectivity index (χ0v) is 14.9. The van der Waals surface area contributed by atoms with E-state index in [4.69, 9.17) is 4.74 Å². The molecule has 0 spiro atoms. The zero-order valence-electron chi connectivity index (χ0n) is 14.9. The third-order valence-electron chi connectivity index (χ3n) is 4.42. The molecule has 1 amide bonds. The first-order chi connectivity index (χ1) is 13.2. The predicted molar refractivity (Wildman–Crippen MR) is 95.0 cm³/mol. The van der Waals surface area contributed by atoms with Crippen LogP contribution in [0, 0.1) is 6.92 Å². The van der Waals surface area contributed by atoms with Crippen molar-refractivity contribution >= 4 is 5.91 Å². The van der Waals surface area contributed by atoms with Crippen molar-refractivity contribution in [2.75, 3.05) is 13.1 Å². The molecule has 0 atom stereocenters. The van der Waals surface area contributed by atoms with Crippen LogP contribution in [0.1, 0.15) is 27.6 Å². The lowest BCUT2D eigenvalue weighted by molar-refractivity contribution is 0.0758. The molecule has 9 heteroatoms. The number of fused-ring (bicyclic) bond motifs is 1. The topological polar surface area (TPSA) is 98.9 Å². The van der Waals surface area contributed by atoms with Crippen molar-refractivity contribution in [2.24, 2.45) is 0 Å².